The minimum absolute atomic E-state index is 0.00568. The van der Waals surface area contributed by atoms with Crippen molar-refractivity contribution in [3.05, 3.63) is 72.4 Å². The van der Waals surface area contributed by atoms with Crippen molar-refractivity contribution in [3.63, 3.8) is 0 Å². The molecule has 0 radical (unpaired) electrons. The molecule has 1 aliphatic heterocycles. The Morgan fingerprint density at radius 3 is 2.36 bits per heavy atom. The monoisotopic (exact) mass is 468 g/mol. The number of methoxy groups -OCH3 is 1. The topological polar surface area (TPSA) is 111 Å². The zero-order valence-electron chi connectivity index (χ0n) is 18.0. The van der Waals surface area contributed by atoms with E-state index in [4.69, 9.17) is 4.74 Å². The molecule has 1 amide bonds. The van der Waals surface area contributed by atoms with E-state index in [1.165, 1.54) is 23.5 Å². The first-order chi connectivity index (χ1) is 15.9. The summed E-state index contributed by atoms with van der Waals surface area (Å²) in [7, 11) is -2.69. The minimum atomic E-state index is -3.90. The first-order valence-corrected chi connectivity index (χ1v) is 11.9. The van der Waals surface area contributed by atoms with Gasteiger partial charge in [-0.05, 0) is 37.1 Å². The van der Waals surface area contributed by atoms with Crippen LogP contribution >= 0.6 is 0 Å². The van der Waals surface area contributed by atoms with E-state index in [2.05, 4.69) is 10.4 Å². The molecule has 0 atom stereocenters. The summed E-state index contributed by atoms with van der Waals surface area (Å²) in [5.41, 5.74) is 0.873. The highest BCUT2D eigenvalue weighted by Gasteiger charge is 2.34. The number of para-hydroxylation sites is 1. The molecule has 0 unspecified atom stereocenters. The van der Waals surface area contributed by atoms with Gasteiger partial charge in [0.25, 0.3) is 0 Å². The van der Waals surface area contributed by atoms with E-state index >= 15 is 0 Å². The zero-order chi connectivity index (χ0) is 23.4. The number of rotatable bonds is 6. The van der Waals surface area contributed by atoms with Gasteiger partial charge in [0.2, 0.25) is 15.9 Å². The number of anilines is 1. The SMILES string of the molecule is COC(=O)c1ccccc1S(=O)(=O)N1CCC(C(=O)Nc2ccn(-c3ccccc3)n2)CC1. The largest absolute Gasteiger partial charge is 0.465 e. The van der Waals surface area contributed by atoms with Crippen molar-refractivity contribution in [2.45, 2.75) is 17.7 Å². The van der Waals surface area contributed by atoms with Crippen LogP contribution in [0.25, 0.3) is 5.69 Å². The third kappa shape index (κ3) is 4.81. The molecular weight excluding hydrogens is 444 g/mol. The molecule has 3 aromatic rings. The Kier molecular flexibility index (Phi) is 6.57. The van der Waals surface area contributed by atoms with Crippen molar-refractivity contribution in [3.8, 4) is 5.69 Å². The second-order valence-corrected chi connectivity index (χ2v) is 9.54. The standard InChI is InChI=1S/C23H24N4O5S/c1-32-23(29)19-9-5-6-10-20(19)33(30,31)26-14-11-17(12-15-26)22(28)24-21-13-16-27(25-21)18-7-3-2-4-8-18/h2-10,13,16-17H,11-12,14-15H2,1H3,(H,24,25,28). The van der Waals surface area contributed by atoms with Gasteiger partial charge in [0, 0.05) is 31.3 Å². The van der Waals surface area contributed by atoms with Crippen molar-refractivity contribution >= 4 is 27.7 Å². The number of hydrogen-bond donors (Lipinski definition) is 1. The van der Waals surface area contributed by atoms with Gasteiger partial charge in [0.05, 0.1) is 23.3 Å². The number of benzene rings is 2. The molecule has 4 rings (SSSR count). The van der Waals surface area contributed by atoms with Crippen LogP contribution in [0.1, 0.15) is 23.2 Å². The van der Waals surface area contributed by atoms with Gasteiger partial charge in [-0.15, -0.1) is 0 Å². The van der Waals surface area contributed by atoms with Gasteiger partial charge in [-0.25, -0.2) is 17.9 Å². The lowest BCUT2D eigenvalue weighted by molar-refractivity contribution is -0.120. The first kappa shape index (κ1) is 22.7. The lowest BCUT2D eigenvalue weighted by Gasteiger charge is -2.30. The van der Waals surface area contributed by atoms with Crippen LogP contribution in [0, 0.1) is 5.92 Å². The van der Waals surface area contributed by atoms with Crippen LogP contribution in [-0.2, 0) is 19.6 Å². The van der Waals surface area contributed by atoms with Crippen molar-refractivity contribution in [2.75, 3.05) is 25.5 Å². The van der Waals surface area contributed by atoms with Crippen LogP contribution < -0.4 is 5.32 Å². The molecular formula is C23H24N4O5S. The third-order valence-electron chi connectivity index (χ3n) is 5.60. The molecule has 9 nitrogen and oxygen atoms in total. The van der Waals surface area contributed by atoms with Crippen LogP contribution in [0.4, 0.5) is 5.82 Å². The minimum Gasteiger partial charge on any atom is -0.465 e. The number of sulfonamides is 1. The van der Waals surface area contributed by atoms with Gasteiger partial charge in [-0.1, -0.05) is 30.3 Å². The number of aromatic nitrogens is 2. The van der Waals surface area contributed by atoms with Crippen molar-refractivity contribution in [1.82, 2.24) is 14.1 Å². The number of amides is 1. The third-order valence-corrected chi connectivity index (χ3v) is 7.55. The van der Waals surface area contributed by atoms with Gasteiger partial charge >= 0.3 is 5.97 Å². The average Bonchev–Trinajstić information content (AvgIpc) is 3.32. The molecule has 1 saturated heterocycles. The lowest BCUT2D eigenvalue weighted by atomic mass is 9.97. The fourth-order valence-electron chi connectivity index (χ4n) is 3.81. The quantitative estimate of drug-likeness (QED) is 0.557. The number of piperidine rings is 1. The second kappa shape index (κ2) is 9.55. The van der Waals surface area contributed by atoms with Crippen molar-refractivity contribution < 1.29 is 22.7 Å². The maximum atomic E-state index is 13.1. The number of nitrogens with zero attached hydrogens (tertiary/aromatic N) is 3. The Bertz CT molecular complexity index is 1250. The molecule has 172 valence electrons. The fraction of sp³-hybridized carbons (Fsp3) is 0.261. The van der Waals surface area contributed by atoms with E-state index in [1.54, 1.807) is 29.1 Å². The van der Waals surface area contributed by atoms with Gasteiger partial charge in [-0.3, -0.25) is 4.79 Å². The van der Waals surface area contributed by atoms with Crippen LogP contribution in [0.2, 0.25) is 0 Å². The second-order valence-electron chi connectivity index (χ2n) is 7.64. The summed E-state index contributed by atoms with van der Waals surface area (Å²) < 4.78 is 34.0. The van der Waals surface area contributed by atoms with Crippen molar-refractivity contribution in [1.29, 1.82) is 0 Å². The fourth-order valence-corrected chi connectivity index (χ4v) is 5.46. The molecule has 1 aromatic heterocycles. The lowest BCUT2D eigenvalue weighted by Crippen LogP contribution is -2.41. The first-order valence-electron chi connectivity index (χ1n) is 10.5. The zero-order valence-corrected chi connectivity index (χ0v) is 18.9. The normalized spacial score (nSPS) is 15.2. The number of nitrogens with one attached hydrogen (secondary N) is 1. The smallest absolute Gasteiger partial charge is 0.339 e. The Morgan fingerprint density at radius 1 is 1.00 bits per heavy atom. The molecule has 33 heavy (non-hydrogen) atoms. The van der Waals surface area contributed by atoms with E-state index in [-0.39, 0.29) is 35.4 Å². The summed E-state index contributed by atoms with van der Waals surface area (Å²) in [6.45, 7) is 0.350. The Hall–Kier alpha value is -3.50. The molecule has 0 aliphatic carbocycles. The summed E-state index contributed by atoms with van der Waals surface area (Å²) in [4.78, 5) is 24.6. The van der Waals surface area contributed by atoms with Crippen LogP contribution in [0.3, 0.4) is 0 Å². The highest BCUT2D eigenvalue weighted by atomic mass is 32.2. The summed E-state index contributed by atoms with van der Waals surface area (Å²) in [5.74, 6) is -0.807. The molecule has 1 N–H and O–H groups in total. The van der Waals surface area contributed by atoms with E-state index in [9.17, 15) is 18.0 Å². The molecule has 0 bridgehead atoms. The van der Waals surface area contributed by atoms with Gasteiger partial charge < -0.3 is 10.1 Å². The van der Waals surface area contributed by atoms with E-state index < -0.39 is 16.0 Å². The summed E-state index contributed by atoms with van der Waals surface area (Å²) >= 11 is 0. The molecule has 2 heterocycles. The maximum absolute atomic E-state index is 13.1. The summed E-state index contributed by atoms with van der Waals surface area (Å²) in [6.07, 6.45) is 2.49. The van der Waals surface area contributed by atoms with E-state index in [1.807, 2.05) is 30.3 Å². The van der Waals surface area contributed by atoms with Gasteiger partial charge in [0.1, 0.15) is 0 Å². The number of hydrogen-bond acceptors (Lipinski definition) is 6. The summed E-state index contributed by atoms with van der Waals surface area (Å²) in [6, 6.07) is 17.2. The summed E-state index contributed by atoms with van der Waals surface area (Å²) in [5, 5.41) is 7.20. The highest BCUT2D eigenvalue weighted by molar-refractivity contribution is 7.89. The van der Waals surface area contributed by atoms with Crippen LogP contribution in [0.15, 0.2) is 71.8 Å². The molecule has 1 aliphatic rings. The van der Waals surface area contributed by atoms with Crippen molar-refractivity contribution in [2.24, 2.45) is 5.92 Å². The molecule has 2 aromatic carbocycles. The Balaban J connectivity index is 1.39. The molecule has 0 saturated carbocycles. The molecule has 1 fully saturated rings. The highest BCUT2D eigenvalue weighted by Crippen LogP contribution is 2.27. The Morgan fingerprint density at radius 2 is 1.67 bits per heavy atom. The number of carbonyl (C=O) groups excluding carboxylic acids is 2. The van der Waals surface area contributed by atoms with Gasteiger partial charge in [0.15, 0.2) is 5.82 Å². The predicted molar refractivity (Wildman–Crippen MR) is 121 cm³/mol. The van der Waals surface area contributed by atoms with Crippen LogP contribution in [0.5, 0.6) is 0 Å². The van der Waals surface area contributed by atoms with Gasteiger partial charge in [-0.2, -0.15) is 9.40 Å². The van der Waals surface area contributed by atoms with E-state index in [0.717, 1.165) is 5.69 Å². The number of ether oxygens (including phenoxy) is 1. The predicted octanol–water partition coefficient (Wildman–Crippen LogP) is 2.70. The van der Waals surface area contributed by atoms with Crippen LogP contribution in [-0.4, -0.2) is 54.6 Å². The molecule has 10 heteroatoms. The average molecular weight is 469 g/mol. The number of carbonyl (C=O) groups is 2. The maximum Gasteiger partial charge on any atom is 0.339 e. The van der Waals surface area contributed by atoms with E-state index in [0.29, 0.717) is 18.7 Å². The number of esters is 1. The molecule has 0 spiro atoms. The Labute approximate surface area is 192 Å².